The maximum absolute atomic E-state index is 13.0. The van der Waals surface area contributed by atoms with Gasteiger partial charge in [0.15, 0.2) is 5.78 Å². The molecule has 3 nitrogen and oxygen atoms in total. The highest BCUT2D eigenvalue weighted by Crippen LogP contribution is 2.36. The van der Waals surface area contributed by atoms with E-state index in [0.29, 0.717) is 18.6 Å². The van der Waals surface area contributed by atoms with Crippen molar-refractivity contribution in [3.05, 3.63) is 57.6 Å². The minimum Gasteiger partial charge on any atom is -0.507 e. The molecule has 0 heterocycles. The van der Waals surface area contributed by atoms with E-state index in [-0.39, 0.29) is 22.4 Å². The van der Waals surface area contributed by atoms with Crippen LogP contribution in [-0.4, -0.2) is 17.5 Å². The molecule has 0 fully saturated rings. The van der Waals surface area contributed by atoms with Gasteiger partial charge in [0.05, 0.1) is 6.61 Å². The molecule has 1 N–H and O–H groups in total. The molecule has 0 aliphatic rings. The topological polar surface area (TPSA) is 46.5 Å². The average Bonchev–Trinajstić information content (AvgIpc) is 2.67. The first-order valence-electron chi connectivity index (χ1n) is 11.9. The molecule has 0 amide bonds. The van der Waals surface area contributed by atoms with Crippen LogP contribution in [0.15, 0.2) is 24.3 Å². The van der Waals surface area contributed by atoms with Gasteiger partial charge in [-0.05, 0) is 66.3 Å². The van der Waals surface area contributed by atoms with E-state index in [1.54, 1.807) is 6.07 Å². The van der Waals surface area contributed by atoms with Crippen molar-refractivity contribution in [2.45, 2.75) is 98.8 Å². The van der Waals surface area contributed by atoms with Crippen molar-refractivity contribution in [2.75, 3.05) is 6.61 Å². The zero-order valence-electron chi connectivity index (χ0n) is 21.6. The lowest BCUT2D eigenvalue weighted by atomic mass is 9.83. The molecule has 0 spiro atoms. The van der Waals surface area contributed by atoms with E-state index >= 15 is 0 Å². The predicted octanol–water partition coefficient (Wildman–Crippen LogP) is 7.60. The van der Waals surface area contributed by atoms with Crippen LogP contribution < -0.4 is 4.74 Å². The molecular formula is C29H42O3. The first-order valence-corrected chi connectivity index (χ1v) is 11.9. The Labute approximate surface area is 195 Å². The fourth-order valence-corrected chi connectivity index (χ4v) is 4.02. The number of carbonyl (C=O) groups excluding carboxylic acids is 1. The van der Waals surface area contributed by atoms with Crippen molar-refractivity contribution in [2.24, 2.45) is 0 Å². The molecule has 0 unspecified atom stereocenters. The summed E-state index contributed by atoms with van der Waals surface area (Å²) in [7, 11) is 0. The molecule has 2 rings (SSSR count). The summed E-state index contributed by atoms with van der Waals surface area (Å²) in [5.74, 6) is 1.22. The van der Waals surface area contributed by atoms with E-state index in [4.69, 9.17) is 4.74 Å². The van der Waals surface area contributed by atoms with Crippen molar-refractivity contribution >= 4 is 5.78 Å². The average molecular weight is 439 g/mol. The second kappa shape index (κ2) is 10.1. The van der Waals surface area contributed by atoms with Crippen molar-refractivity contribution < 1.29 is 14.6 Å². The van der Waals surface area contributed by atoms with Gasteiger partial charge in [-0.15, -0.1) is 0 Å². The van der Waals surface area contributed by atoms with Crippen LogP contribution in [0.2, 0.25) is 0 Å². The Morgan fingerprint density at radius 2 is 1.53 bits per heavy atom. The Balaban J connectivity index is 2.22. The molecule has 0 aliphatic carbocycles. The van der Waals surface area contributed by atoms with Crippen LogP contribution >= 0.6 is 0 Å². The standard InChI is InChI=1S/C29H42O3/c1-10-11-12-21-15-20(3)27(24(17-21)29(7,8)9)32-14-13-25(30)22-16-19(2)26(31)23(18-22)28(4,5)6/h15-18,31H,10-14H2,1-9H3. The highest BCUT2D eigenvalue weighted by atomic mass is 16.5. The Morgan fingerprint density at radius 1 is 0.906 bits per heavy atom. The number of hydrogen-bond acceptors (Lipinski definition) is 3. The van der Waals surface area contributed by atoms with Crippen molar-refractivity contribution in [1.29, 1.82) is 0 Å². The zero-order valence-corrected chi connectivity index (χ0v) is 21.6. The lowest BCUT2D eigenvalue weighted by Crippen LogP contribution is -2.17. The molecule has 2 aromatic rings. The molecule has 0 atom stereocenters. The van der Waals surface area contributed by atoms with E-state index in [1.165, 1.54) is 24.0 Å². The molecule has 176 valence electrons. The first-order chi connectivity index (χ1) is 14.8. The van der Waals surface area contributed by atoms with Crippen LogP contribution in [0.5, 0.6) is 11.5 Å². The van der Waals surface area contributed by atoms with Gasteiger partial charge in [-0.25, -0.2) is 0 Å². The number of hydrogen-bond donors (Lipinski definition) is 1. The number of unbranched alkanes of at least 4 members (excludes halogenated alkanes) is 1. The van der Waals surface area contributed by atoms with Gasteiger partial charge in [0.1, 0.15) is 11.5 Å². The van der Waals surface area contributed by atoms with Crippen LogP contribution in [0.4, 0.5) is 0 Å². The van der Waals surface area contributed by atoms with Gasteiger partial charge in [0.2, 0.25) is 0 Å². The number of phenolic OH excluding ortho intramolecular Hbond substituents is 1. The molecule has 32 heavy (non-hydrogen) atoms. The number of benzene rings is 2. The third-order valence-electron chi connectivity index (χ3n) is 5.97. The SMILES string of the molecule is CCCCc1cc(C)c(OCCC(=O)c2cc(C)c(O)c(C(C)(C)C)c2)c(C(C)(C)C)c1. The summed E-state index contributed by atoms with van der Waals surface area (Å²) in [4.78, 5) is 13.0. The summed E-state index contributed by atoms with van der Waals surface area (Å²) in [6.07, 6.45) is 3.74. The summed E-state index contributed by atoms with van der Waals surface area (Å²) >= 11 is 0. The molecule has 0 saturated carbocycles. The summed E-state index contributed by atoms with van der Waals surface area (Å²) in [5.41, 5.74) is 5.58. The van der Waals surface area contributed by atoms with Gasteiger partial charge in [-0.3, -0.25) is 4.79 Å². The van der Waals surface area contributed by atoms with Crippen LogP contribution in [-0.2, 0) is 17.3 Å². The molecular weight excluding hydrogens is 396 g/mol. The monoisotopic (exact) mass is 438 g/mol. The Bertz CT molecular complexity index is 956. The largest absolute Gasteiger partial charge is 0.507 e. The number of rotatable bonds is 8. The van der Waals surface area contributed by atoms with Gasteiger partial charge in [-0.1, -0.05) is 67.0 Å². The van der Waals surface area contributed by atoms with Gasteiger partial charge in [0.25, 0.3) is 0 Å². The Hall–Kier alpha value is -2.29. The molecule has 2 aromatic carbocycles. The lowest BCUT2D eigenvalue weighted by molar-refractivity contribution is 0.0961. The molecule has 0 aromatic heterocycles. The van der Waals surface area contributed by atoms with E-state index in [0.717, 1.165) is 28.9 Å². The van der Waals surface area contributed by atoms with E-state index < -0.39 is 0 Å². The second-order valence-electron chi connectivity index (χ2n) is 11.1. The van der Waals surface area contributed by atoms with Gasteiger partial charge in [-0.2, -0.15) is 0 Å². The minimum absolute atomic E-state index is 0.0353. The zero-order chi connectivity index (χ0) is 24.3. The predicted molar refractivity (Wildman–Crippen MR) is 134 cm³/mol. The highest BCUT2D eigenvalue weighted by molar-refractivity contribution is 5.96. The first kappa shape index (κ1) is 26.0. The maximum atomic E-state index is 13.0. The highest BCUT2D eigenvalue weighted by Gasteiger charge is 2.23. The molecule has 0 aliphatic heterocycles. The van der Waals surface area contributed by atoms with Crippen molar-refractivity contribution in [1.82, 2.24) is 0 Å². The fraction of sp³-hybridized carbons (Fsp3) is 0.552. The quantitative estimate of drug-likeness (QED) is 0.432. The molecule has 0 radical (unpaired) electrons. The number of ketones is 1. The van der Waals surface area contributed by atoms with Gasteiger partial charge < -0.3 is 9.84 Å². The molecule has 0 saturated heterocycles. The number of carbonyl (C=O) groups is 1. The number of ether oxygens (including phenoxy) is 1. The van der Waals surface area contributed by atoms with Crippen LogP contribution in [0.3, 0.4) is 0 Å². The normalized spacial score (nSPS) is 12.2. The summed E-state index contributed by atoms with van der Waals surface area (Å²) in [5, 5.41) is 10.4. The minimum atomic E-state index is -0.236. The van der Waals surface area contributed by atoms with Gasteiger partial charge in [0, 0.05) is 23.1 Å². The Morgan fingerprint density at radius 3 is 2.09 bits per heavy atom. The third-order valence-corrected chi connectivity index (χ3v) is 5.97. The second-order valence-corrected chi connectivity index (χ2v) is 11.1. The lowest BCUT2D eigenvalue weighted by Gasteiger charge is -2.25. The van der Waals surface area contributed by atoms with Crippen LogP contribution in [0, 0.1) is 13.8 Å². The number of aryl methyl sites for hydroxylation is 3. The summed E-state index contributed by atoms with van der Waals surface area (Å²) in [6, 6.07) is 8.11. The van der Waals surface area contributed by atoms with Gasteiger partial charge >= 0.3 is 0 Å². The number of aromatic hydroxyl groups is 1. The fourth-order valence-electron chi connectivity index (χ4n) is 4.02. The van der Waals surface area contributed by atoms with E-state index in [2.05, 4.69) is 46.8 Å². The summed E-state index contributed by atoms with van der Waals surface area (Å²) < 4.78 is 6.23. The molecule has 0 bridgehead atoms. The Kier molecular flexibility index (Phi) is 8.20. The number of phenols is 1. The molecule has 3 heteroatoms. The van der Waals surface area contributed by atoms with Crippen molar-refractivity contribution in [3.8, 4) is 11.5 Å². The maximum Gasteiger partial charge on any atom is 0.166 e. The van der Waals surface area contributed by atoms with Crippen molar-refractivity contribution in [3.63, 3.8) is 0 Å². The smallest absolute Gasteiger partial charge is 0.166 e. The van der Waals surface area contributed by atoms with Crippen LogP contribution in [0.1, 0.15) is 106 Å². The number of Topliss-reactive ketones (excluding diaryl/α,β-unsaturated/α-hetero) is 1. The summed E-state index contributed by atoms with van der Waals surface area (Å²) in [6.45, 7) is 19.2. The third kappa shape index (κ3) is 6.37. The van der Waals surface area contributed by atoms with E-state index in [9.17, 15) is 9.90 Å². The van der Waals surface area contributed by atoms with E-state index in [1.807, 2.05) is 33.8 Å². The van der Waals surface area contributed by atoms with Crippen LogP contribution in [0.25, 0.3) is 0 Å².